The second-order valence-electron chi connectivity index (χ2n) is 6.29. The molecular formula is C18H16F3N5O2S. The molecule has 0 fully saturated rings. The fourth-order valence-corrected chi connectivity index (χ4v) is 3.61. The Hall–Kier alpha value is -3.21. The highest BCUT2D eigenvalue weighted by Crippen LogP contribution is 2.33. The van der Waals surface area contributed by atoms with Crippen molar-refractivity contribution in [3.8, 4) is 10.6 Å². The molecule has 0 saturated carbocycles. The smallest absolute Gasteiger partial charge is 0.369 e. The predicted octanol–water partition coefficient (Wildman–Crippen LogP) is 3.00. The van der Waals surface area contributed by atoms with Crippen LogP contribution in [0.5, 0.6) is 0 Å². The lowest BCUT2D eigenvalue weighted by Gasteiger charge is -2.13. The summed E-state index contributed by atoms with van der Waals surface area (Å²) >= 11 is 1.01. The molecule has 2 heterocycles. The van der Waals surface area contributed by atoms with Crippen molar-refractivity contribution in [2.75, 3.05) is 5.32 Å². The number of nitrogens with two attached hydrogens (primary N) is 1. The zero-order chi connectivity index (χ0) is 21.3. The topological polar surface area (TPSA) is 103 Å². The van der Waals surface area contributed by atoms with E-state index >= 15 is 0 Å². The first-order chi connectivity index (χ1) is 13.5. The number of amides is 1. The van der Waals surface area contributed by atoms with Gasteiger partial charge in [0.1, 0.15) is 0 Å². The van der Waals surface area contributed by atoms with Gasteiger partial charge in [0, 0.05) is 24.6 Å². The van der Waals surface area contributed by atoms with Gasteiger partial charge in [-0.15, -0.1) is 0 Å². The third-order valence-corrected chi connectivity index (χ3v) is 5.29. The average Bonchev–Trinajstić information content (AvgIpc) is 2.88. The fraction of sp³-hybridized carbons (Fsp3) is 0.222. The Morgan fingerprint density at radius 3 is 2.62 bits per heavy atom. The minimum absolute atomic E-state index is 0.0507. The SMILES string of the molecule is Cc1c(-c2ccnc(Nc3cc(CC(N)=O)cc(C(F)(F)F)c3)n2)sc(=O)n1C. The van der Waals surface area contributed by atoms with E-state index in [9.17, 15) is 22.8 Å². The number of anilines is 2. The van der Waals surface area contributed by atoms with E-state index in [1.165, 1.54) is 16.8 Å². The normalized spacial score (nSPS) is 11.5. The third-order valence-electron chi connectivity index (χ3n) is 4.14. The van der Waals surface area contributed by atoms with E-state index in [1.807, 2.05) is 0 Å². The van der Waals surface area contributed by atoms with Crippen LogP contribution in [0.3, 0.4) is 0 Å². The molecule has 2 aromatic heterocycles. The lowest BCUT2D eigenvalue weighted by atomic mass is 10.1. The van der Waals surface area contributed by atoms with Crippen LogP contribution in [-0.4, -0.2) is 20.4 Å². The second kappa shape index (κ2) is 7.66. The lowest BCUT2D eigenvalue weighted by molar-refractivity contribution is -0.137. The number of thiazole rings is 1. The highest BCUT2D eigenvalue weighted by atomic mass is 32.1. The molecule has 1 amide bonds. The molecule has 3 rings (SSSR count). The Kier molecular flexibility index (Phi) is 5.42. The molecule has 0 aliphatic rings. The number of nitrogens with zero attached hydrogens (tertiary/aromatic N) is 3. The number of alkyl halides is 3. The van der Waals surface area contributed by atoms with Gasteiger partial charge in [-0.3, -0.25) is 9.59 Å². The van der Waals surface area contributed by atoms with Gasteiger partial charge in [-0.05, 0) is 36.8 Å². The van der Waals surface area contributed by atoms with Crippen molar-refractivity contribution < 1.29 is 18.0 Å². The first-order valence-electron chi connectivity index (χ1n) is 8.31. The molecular weight excluding hydrogens is 407 g/mol. The number of primary amides is 1. The van der Waals surface area contributed by atoms with E-state index in [1.54, 1.807) is 20.0 Å². The van der Waals surface area contributed by atoms with Gasteiger partial charge in [-0.2, -0.15) is 13.2 Å². The van der Waals surface area contributed by atoms with Crippen LogP contribution in [0.4, 0.5) is 24.8 Å². The Morgan fingerprint density at radius 2 is 2.03 bits per heavy atom. The van der Waals surface area contributed by atoms with Crippen LogP contribution in [0.15, 0.2) is 35.3 Å². The molecule has 3 aromatic rings. The Labute approximate surface area is 167 Å². The maximum Gasteiger partial charge on any atom is 0.416 e. The summed E-state index contributed by atoms with van der Waals surface area (Å²) in [5, 5.41) is 2.73. The maximum absolute atomic E-state index is 13.2. The molecule has 0 bridgehead atoms. The predicted molar refractivity (Wildman–Crippen MR) is 103 cm³/mol. The van der Waals surface area contributed by atoms with Crippen molar-refractivity contribution in [1.29, 1.82) is 0 Å². The molecule has 1 aromatic carbocycles. The molecule has 0 aliphatic heterocycles. The standard InChI is InChI=1S/C18H16F3N5O2S/c1-9-15(29-17(28)26(9)2)13-3-4-23-16(25-13)24-12-6-10(7-14(22)27)5-11(8-12)18(19,20)21/h3-6,8H,7H2,1-2H3,(H2,22,27)(H,23,24,25). The van der Waals surface area contributed by atoms with Gasteiger partial charge in [0.15, 0.2) is 0 Å². The molecule has 0 atom stereocenters. The van der Waals surface area contributed by atoms with Gasteiger partial charge >= 0.3 is 11.0 Å². The van der Waals surface area contributed by atoms with Crippen LogP contribution in [0, 0.1) is 6.92 Å². The molecule has 7 nitrogen and oxygen atoms in total. The van der Waals surface area contributed by atoms with Crippen LogP contribution in [0.2, 0.25) is 0 Å². The van der Waals surface area contributed by atoms with Crippen LogP contribution >= 0.6 is 11.3 Å². The fourth-order valence-electron chi connectivity index (χ4n) is 2.66. The molecule has 3 N–H and O–H groups in total. The van der Waals surface area contributed by atoms with Gasteiger partial charge in [-0.25, -0.2) is 9.97 Å². The van der Waals surface area contributed by atoms with Crippen LogP contribution in [-0.2, 0) is 24.4 Å². The van der Waals surface area contributed by atoms with Gasteiger partial charge in [0.05, 0.1) is 22.6 Å². The summed E-state index contributed by atoms with van der Waals surface area (Å²) in [5.41, 5.74) is 5.54. The number of carbonyl (C=O) groups is 1. The number of benzene rings is 1. The first kappa shape index (κ1) is 20.5. The van der Waals surface area contributed by atoms with Gasteiger partial charge < -0.3 is 15.6 Å². The Balaban J connectivity index is 1.98. The summed E-state index contributed by atoms with van der Waals surface area (Å²) < 4.78 is 41.0. The number of halogens is 3. The number of rotatable bonds is 5. The molecule has 0 spiro atoms. The molecule has 152 valence electrons. The molecule has 0 unspecified atom stereocenters. The number of aromatic nitrogens is 3. The average molecular weight is 423 g/mol. The Bertz CT molecular complexity index is 1140. The summed E-state index contributed by atoms with van der Waals surface area (Å²) in [7, 11) is 1.64. The van der Waals surface area contributed by atoms with E-state index in [4.69, 9.17) is 5.73 Å². The first-order valence-corrected chi connectivity index (χ1v) is 9.12. The molecule has 0 radical (unpaired) electrons. The second-order valence-corrected chi connectivity index (χ2v) is 7.25. The Morgan fingerprint density at radius 1 is 1.31 bits per heavy atom. The zero-order valence-electron chi connectivity index (χ0n) is 15.4. The summed E-state index contributed by atoms with van der Waals surface area (Å²) in [6, 6.07) is 4.75. The monoisotopic (exact) mass is 423 g/mol. The minimum Gasteiger partial charge on any atom is -0.369 e. The lowest BCUT2D eigenvalue weighted by Crippen LogP contribution is -2.15. The summed E-state index contributed by atoms with van der Waals surface area (Å²) in [6.45, 7) is 1.77. The molecule has 0 saturated heterocycles. The van der Waals surface area contributed by atoms with Crippen molar-refractivity contribution in [1.82, 2.24) is 14.5 Å². The van der Waals surface area contributed by atoms with Crippen LogP contribution in [0.1, 0.15) is 16.8 Å². The van der Waals surface area contributed by atoms with Gasteiger partial charge in [0.25, 0.3) is 0 Å². The quantitative estimate of drug-likeness (QED) is 0.657. The summed E-state index contributed by atoms with van der Waals surface area (Å²) in [5.74, 6) is -0.697. The van der Waals surface area contributed by atoms with Gasteiger partial charge in [0.2, 0.25) is 11.9 Å². The van der Waals surface area contributed by atoms with E-state index in [2.05, 4.69) is 15.3 Å². The molecule has 11 heteroatoms. The van der Waals surface area contributed by atoms with Crippen molar-refractivity contribution in [2.45, 2.75) is 19.5 Å². The van der Waals surface area contributed by atoms with E-state index in [0.717, 1.165) is 23.5 Å². The van der Waals surface area contributed by atoms with Crippen LogP contribution < -0.4 is 15.9 Å². The molecule has 0 aliphatic carbocycles. The summed E-state index contributed by atoms with van der Waals surface area (Å²) in [4.78, 5) is 31.8. The molecule has 29 heavy (non-hydrogen) atoms. The summed E-state index contributed by atoms with van der Waals surface area (Å²) in [6.07, 6.45) is -3.50. The number of carbonyl (C=O) groups excluding carboxylic acids is 1. The van der Waals surface area contributed by atoms with E-state index in [0.29, 0.717) is 16.3 Å². The van der Waals surface area contributed by atoms with E-state index in [-0.39, 0.29) is 28.5 Å². The maximum atomic E-state index is 13.2. The van der Waals surface area contributed by atoms with Crippen molar-refractivity contribution in [2.24, 2.45) is 12.8 Å². The highest BCUT2D eigenvalue weighted by molar-refractivity contribution is 7.13. The largest absolute Gasteiger partial charge is 0.416 e. The zero-order valence-corrected chi connectivity index (χ0v) is 16.2. The number of hydrogen-bond acceptors (Lipinski definition) is 6. The van der Waals surface area contributed by atoms with Crippen molar-refractivity contribution in [3.63, 3.8) is 0 Å². The minimum atomic E-state index is -4.60. The van der Waals surface area contributed by atoms with Gasteiger partial charge in [-0.1, -0.05) is 11.3 Å². The van der Waals surface area contributed by atoms with Crippen molar-refractivity contribution >= 4 is 28.9 Å². The van der Waals surface area contributed by atoms with Crippen molar-refractivity contribution in [3.05, 3.63) is 57.0 Å². The third kappa shape index (κ3) is 4.62. The highest BCUT2D eigenvalue weighted by Gasteiger charge is 2.31. The number of hydrogen-bond donors (Lipinski definition) is 2. The van der Waals surface area contributed by atoms with Crippen LogP contribution in [0.25, 0.3) is 10.6 Å². The van der Waals surface area contributed by atoms with E-state index < -0.39 is 17.6 Å². The number of nitrogens with one attached hydrogen (secondary N) is 1.